The minimum Gasteiger partial charge on any atom is -0.398 e. The Balaban J connectivity index is 2.20. The van der Waals surface area contributed by atoms with Crippen molar-refractivity contribution in [1.82, 2.24) is 4.90 Å². The van der Waals surface area contributed by atoms with Gasteiger partial charge in [0.25, 0.3) is 0 Å². The maximum Gasteiger partial charge on any atom is 0.242 e. The van der Waals surface area contributed by atoms with Gasteiger partial charge in [-0.05, 0) is 18.6 Å². The molecule has 0 spiro atoms. The number of amides is 2. The molecule has 2 amide bonds. The van der Waals surface area contributed by atoms with Gasteiger partial charge in [-0.3, -0.25) is 14.5 Å². The second-order valence-corrected chi connectivity index (χ2v) is 5.33. The Hall–Kier alpha value is -1.49. The number of nitrogens with two attached hydrogens (primary N) is 1. The van der Waals surface area contributed by atoms with E-state index in [4.69, 9.17) is 5.73 Å². The van der Waals surface area contributed by atoms with Crippen molar-refractivity contribution in [2.45, 2.75) is 23.5 Å². The minimum atomic E-state index is -0.336. The predicted molar refractivity (Wildman–Crippen MR) is 67.6 cm³/mol. The molecule has 90 valence electrons. The number of nitrogen functional groups attached to an aromatic ring is 1. The highest BCUT2D eigenvalue weighted by atomic mass is 32.2. The molecule has 1 fully saturated rings. The van der Waals surface area contributed by atoms with Gasteiger partial charge in [0.2, 0.25) is 11.8 Å². The lowest BCUT2D eigenvalue weighted by atomic mass is 10.2. The zero-order valence-electron chi connectivity index (χ0n) is 9.77. The molecule has 1 unspecified atom stereocenters. The molecule has 1 aromatic rings. The summed E-state index contributed by atoms with van der Waals surface area (Å²) in [7, 11) is 1.52. The highest BCUT2D eigenvalue weighted by Crippen LogP contribution is 2.35. The van der Waals surface area contributed by atoms with Crippen LogP contribution in [-0.4, -0.2) is 29.0 Å². The lowest BCUT2D eigenvalue weighted by Gasteiger charge is -2.11. The third kappa shape index (κ3) is 2.15. The normalized spacial score (nSPS) is 20.1. The maximum absolute atomic E-state index is 11.8. The Morgan fingerprint density at radius 2 is 2.12 bits per heavy atom. The molecule has 2 rings (SSSR count). The maximum atomic E-state index is 11.8. The second-order valence-electron chi connectivity index (χ2n) is 4.09. The van der Waals surface area contributed by atoms with Crippen molar-refractivity contribution in [3.8, 4) is 0 Å². The summed E-state index contributed by atoms with van der Waals surface area (Å²) < 4.78 is 0. The molecule has 0 saturated carbocycles. The van der Waals surface area contributed by atoms with Gasteiger partial charge in [-0.15, -0.1) is 11.8 Å². The Morgan fingerprint density at radius 3 is 2.71 bits per heavy atom. The number of carbonyl (C=O) groups excluding carboxylic acids is 2. The van der Waals surface area contributed by atoms with Crippen LogP contribution in [0.3, 0.4) is 0 Å². The van der Waals surface area contributed by atoms with E-state index in [1.54, 1.807) is 0 Å². The van der Waals surface area contributed by atoms with Gasteiger partial charge in [-0.25, -0.2) is 0 Å². The molecule has 4 nitrogen and oxygen atoms in total. The molecule has 0 radical (unpaired) electrons. The van der Waals surface area contributed by atoms with Gasteiger partial charge in [0.15, 0.2) is 0 Å². The van der Waals surface area contributed by atoms with Crippen LogP contribution in [0, 0.1) is 6.92 Å². The van der Waals surface area contributed by atoms with E-state index in [1.165, 1.54) is 23.7 Å². The second kappa shape index (κ2) is 4.41. The molecule has 1 saturated heterocycles. The summed E-state index contributed by atoms with van der Waals surface area (Å²) >= 11 is 1.37. The molecule has 0 aromatic heterocycles. The van der Waals surface area contributed by atoms with E-state index in [1.807, 2.05) is 25.1 Å². The molecule has 1 atom stereocenters. The number of imide groups is 1. The summed E-state index contributed by atoms with van der Waals surface area (Å²) in [6, 6.07) is 5.70. The lowest BCUT2D eigenvalue weighted by Crippen LogP contribution is -2.26. The van der Waals surface area contributed by atoms with Crippen LogP contribution in [0.25, 0.3) is 0 Å². The topological polar surface area (TPSA) is 63.4 Å². The number of thioether (sulfide) groups is 1. The zero-order valence-corrected chi connectivity index (χ0v) is 10.6. The van der Waals surface area contributed by atoms with E-state index >= 15 is 0 Å². The van der Waals surface area contributed by atoms with Crippen molar-refractivity contribution in [3.05, 3.63) is 23.8 Å². The fourth-order valence-corrected chi connectivity index (χ4v) is 2.96. The monoisotopic (exact) mass is 250 g/mol. The van der Waals surface area contributed by atoms with Crippen LogP contribution in [0.15, 0.2) is 23.1 Å². The number of likely N-dealkylation sites (tertiary alicyclic amines) is 1. The molecule has 5 heteroatoms. The van der Waals surface area contributed by atoms with Crippen LogP contribution in [0.4, 0.5) is 5.69 Å². The highest BCUT2D eigenvalue weighted by Gasteiger charge is 2.36. The fraction of sp³-hybridized carbons (Fsp3) is 0.333. The van der Waals surface area contributed by atoms with Gasteiger partial charge in [0, 0.05) is 24.1 Å². The van der Waals surface area contributed by atoms with E-state index in [9.17, 15) is 9.59 Å². The van der Waals surface area contributed by atoms with Crippen molar-refractivity contribution >= 4 is 29.3 Å². The first-order valence-corrected chi connectivity index (χ1v) is 6.21. The van der Waals surface area contributed by atoms with Crippen molar-refractivity contribution < 1.29 is 9.59 Å². The Bertz CT molecular complexity index is 487. The number of nitrogens with zero attached hydrogens (tertiary/aromatic N) is 1. The molecule has 0 aliphatic carbocycles. The summed E-state index contributed by atoms with van der Waals surface area (Å²) in [5.74, 6) is -0.264. The molecule has 1 aromatic carbocycles. The van der Waals surface area contributed by atoms with Crippen LogP contribution in [-0.2, 0) is 9.59 Å². The SMILES string of the molecule is Cc1cccc(SC2CC(=O)N(C)C2=O)c1N. The van der Waals surface area contributed by atoms with E-state index < -0.39 is 0 Å². The number of carbonyl (C=O) groups is 2. The smallest absolute Gasteiger partial charge is 0.242 e. The third-order valence-electron chi connectivity index (χ3n) is 2.89. The number of rotatable bonds is 2. The first-order valence-electron chi connectivity index (χ1n) is 5.33. The number of benzene rings is 1. The Morgan fingerprint density at radius 1 is 1.41 bits per heavy atom. The highest BCUT2D eigenvalue weighted by molar-refractivity contribution is 8.00. The summed E-state index contributed by atoms with van der Waals surface area (Å²) in [4.78, 5) is 25.2. The number of aryl methyl sites for hydroxylation is 1. The number of hydrogen-bond donors (Lipinski definition) is 1. The predicted octanol–water partition coefficient (Wildman–Crippen LogP) is 1.43. The number of hydrogen-bond acceptors (Lipinski definition) is 4. The van der Waals surface area contributed by atoms with Crippen LogP contribution in [0.1, 0.15) is 12.0 Å². The molecule has 1 aliphatic rings. The van der Waals surface area contributed by atoms with Crippen molar-refractivity contribution in [2.75, 3.05) is 12.8 Å². The van der Waals surface area contributed by atoms with Crippen LogP contribution in [0.5, 0.6) is 0 Å². The average Bonchev–Trinajstić information content (AvgIpc) is 2.53. The van der Waals surface area contributed by atoms with Gasteiger partial charge in [0.05, 0.1) is 5.25 Å². The Kier molecular flexibility index (Phi) is 3.11. The third-order valence-corrected chi connectivity index (χ3v) is 4.16. The molecule has 1 aliphatic heterocycles. The molecule has 1 heterocycles. The molecule has 0 bridgehead atoms. The van der Waals surface area contributed by atoms with E-state index in [-0.39, 0.29) is 23.5 Å². The lowest BCUT2D eigenvalue weighted by molar-refractivity contribution is -0.136. The van der Waals surface area contributed by atoms with Gasteiger partial charge in [-0.2, -0.15) is 0 Å². The van der Waals surface area contributed by atoms with Gasteiger partial charge in [0.1, 0.15) is 0 Å². The molecular formula is C12H14N2O2S. The summed E-state index contributed by atoms with van der Waals surface area (Å²) in [5, 5.41) is -0.336. The van der Waals surface area contributed by atoms with Crippen molar-refractivity contribution in [3.63, 3.8) is 0 Å². The summed E-state index contributed by atoms with van der Waals surface area (Å²) in [6.45, 7) is 1.92. The molecule has 17 heavy (non-hydrogen) atoms. The van der Waals surface area contributed by atoms with Gasteiger partial charge >= 0.3 is 0 Å². The molecular weight excluding hydrogens is 236 g/mol. The largest absolute Gasteiger partial charge is 0.398 e. The zero-order chi connectivity index (χ0) is 12.6. The average molecular weight is 250 g/mol. The van der Waals surface area contributed by atoms with Gasteiger partial charge < -0.3 is 5.73 Å². The van der Waals surface area contributed by atoms with Crippen molar-refractivity contribution in [1.29, 1.82) is 0 Å². The Labute approximate surface area is 104 Å². The van der Waals surface area contributed by atoms with Crippen molar-refractivity contribution in [2.24, 2.45) is 0 Å². The van der Waals surface area contributed by atoms with E-state index in [0.29, 0.717) is 5.69 Å². The molecule has 2 N–H and O–H groups in total. The first-order chi connectivity index (χ1) is 8.00. The van der Waals surface area contributed by atoms with Crippen LogP contribution in [0.2, 0.25) is 0 Å². The summed E-state index contributed by atoms with van der Waals surface area (Å²) in [6.07, 6.45) is 0.257. The van der Waals surface area contributed by atoms with E-state index in [0.717, 1.165) is 10.5 Å². The minimum absolute atomic E-state index is 0.126. The quantitative estimate of drug-likeness (QED) is 0.637. The first kappa shape index (κ1) is 12.0. The van der Waals surface area contributed by atoms with Gasteiger partial charge in [-0.1, -0.05) is 12.1 Å². The van der Waals surface area contributed by atoms with Crippen LogP contribution < -0.4 is 5.73 Å². The fourth-order valence-electron chi connectivity index (χ4n) is 1.72. The summed E-state index contributed by atoms with van der Waals surface area (Å²) in [5.41, 5.74) is 7.62. The number of para-hydroxylation sites is 1. The standard InChI is InChI=1S/C12H14N2O2S/c1-7-4-3-5-8(11(7)13)17-9-6-10(15)14(2)12(9)16/h3-5,9H,6,13H2,1-2H3. The van der Waals surface area contributed by atoms with Crippen LogP contribution >= 0.6 is 11.8 Å². The van der Waals surface area contributed by atoms with E-state index in [2.05, 4.69) is 0 Å². The number of anilines is 1.